The molecule has 1 fully saturated rings. The number of hydrogen-bond donors (Lipinski definition) is 3. The van der Waals surface area contributed by atoms with Crippen LogP contribution < -0.4 is 11.1 Å². The fourth-order valence-corrected chi connectivity index (χ4v) is 7.38. The van der Waals surface area contributed by atoms with Crippen LogP contribution in [0.2, 0.25) is 10.0 Å². The molecule has 0 spiro atoms. The second-order valence-corrected chi connectivity index (χ2v) is 14.3. The first-order chi connectivity index (χ1) is 23.7. The van der Waals surface area contributed by atoms with Gasteiger partial charge in [0.15, 0.2) is 0 Å². The Morgan fingerprint density at radius 1 is 0.939 bits per heavy atom. The van der Waals surface area contributed by atoms with Crippen LogP contribution in [-0.2, 0) is 42.2 Å². The normalized spacial score (nSPS) is 15.3. The Hall–Kier alpha value is -3.82. The number of fused-ring (bicyclic) bond motifs is 1. The van der Waals surface area contributed by atoms with E-state index in [0.717, 1.165) is 70.7 Å². The van der Waals surface area contributed by atoms with Gasteiger partial charge in [0, 0.05) is 90.2 Å². The number of nitrogens with two attached hydrogens (primary N) is 1. The van der Waals surface area contributed by atoms with Gasteiger partial charge in [-0.2, -0.15) is 16.9 Å². The predicted octanol–water partition coefficient (Wildman–Crippen LogP) is 4.33. The lowest BCUT2D eigenvalue weighted by Crippen LogP contribution is -2.43. The number of amides is 2. The number of carbonyl (C=O) groups is 2. The van der Waals surface area contributed by atoms with E-state index in [-0.39, 0.29) is 6.54 Å². The van der Waals surface area contributed by atoms with Crippen molar-refractivity contribution in [3.8, 4) is 23.1 Å². The van der Waals surface area contributed by atoms with Gasteiger partial charge < -0.3 is 21.1 Å². The highest BCUT2D eigenvalue weighted by Crippen LogP contribution is 2.32. The average molecular weight is 718 g/mol. The topological polar surface area (TPSA) is 117 Å². The quantitative estimate of drug-likeness (QED) is 0.175. The summed E-state index contributed by atoms with van der Waals surface area (Å²) in [4.78, 5) is 28.0. The van der Waals surface area contributed by atoms with E-state index in [1.165, 1.54) is 10.5 Å². The van der Waals surface area contributed by atoms with E-state index in [2.05, 4.69) is 22.1 Å². The molecule has 3 aromatic carbocycles. The Labute approximate surface area is 300 Å². The van der Waals surface area contributed by atoms with Crippen molar-refractivity contribution in [3.63, 3.8) is 0 Å². The third kappa shape index (κ3) is 9.05. The van der Waals surface area contributed by atoms with Crippen LogP contribution in [0.4, 0.5) is 0 Å². The van der Waals surface area contributed by atoms with Gasteiger partial charge in [-0.05, 0) is 47.5 Å². The zero-order chi connectivity index (χ0) is 34.3. The summed E-state index contributed by atoms with van der Waals surface area (Å²) >= 11 is 14.5. The van der Waals surface area contributed by atoms with Crippen molar-refractivity contribution in [1.82, 2.24) is 24.9 Å². The number of thioether (sulfide) groups is 1. The summed E-state index contributed by atoms with van der Waals surface area (Å²) < 4.78 is 1.85. The van der Waals surface area contributed by atoms with Crippen LogP contribution in [0.1, 0.15) is 33.5 Å². The fourth-order valence-electron chi connectivity index (χ4n) is 6.11. The highest BCUT2D eigenvalue weighted by Gasteiger charge is 2.31. The summed E-state index contributed by atoms with van der Waals surface area (Å²) in [5.74, 6) is 6.86. The number of primary amides is 1. The molecular weight excluding hydrogens is 679 g/mol. The average Bonchev–Trinajstić information content (AvgIpc) is 3.46. The van der Waals surface area contributed by atoms with Crippen LogP contribution in [0.25, 0.3) is 11.3 Å². The first-order valence-electron chi connectivity index (χ1n) is 16.2. The SMILES string of the molecule is NC(=O)C(=O)N1CCc2c(c(-c3ccc(Cl)c(C#Cc4ccc(CNCc5ccc(Cl)cc5)cc4)c3)nn2C[C@@H](O)CN2CCSCC2)C1. The Bertz CT molecular complexity index is 1860. The minimum absolute atomic E-state index is 0.191. The van der Waals surface area contributed by atoms with Gasteiger partial charge in [0.05, 0.1) is 29.9 Å². The number of carbonyl (C=O) groups excluding carboxylic acids is 2. The number of hydrogen-bond acceptors (Lipinski definition) is 7. The highest BCUT2D eigenvalue weighted by atomic mass is 35.5. The molecule has 1 atom stereocenters. The van der Waals surface area contributed by atoms with Crippen molar-refractivity contribution in [2.24, 2.45) is 5.73 Å². The molecule has 6 rings (SSSR count). The lowest BCUT2D eigenvalue weighted by Gasteiger charge is -2.29. The Kier molecular flexibility index (Phi) is 11.6. The van der Waals surface area contributed by atoms with E-state index in [4.69, 9.17) is 34.0 Å². The van der Waals surface area contributed by atoms with Crippen LogP contribution in [0.15, 0.2) is 66.7 Å². The van der Waals surface area contributed by atoms with Gasteiger partial charge in [0.25, 0.3) is 0 Å². The van der Waals surface area contributed by atoms with E-state index in [0.29, 0.717) is 42.3 Å². The molecule has 2 aliphatic rings. The summed E-state index contributed by atoms with van der Waals surface area (Å²) in [5, 5.41) is 20.7. The minimum atomic E-state index is -0.987. The Balaban J connectivity index is 1.20. The van der Waals surface area contributed by atoms with Crippen molar-refractivity contribution in [1.29, 1.82) is 0 Å². The Morgan fingerprint density at radius 3 is 2.33 bits per heavy atom. The number of β-amino-alcohol motifs (C(OH)–C–C–N with tert-alkyl or cyclic N) is 1. The Morgan fingerprint density at radius 2 is 1.63 bits per heavy atom. The molecule has 2 amide bonds. The largest absolute Gasteiger partial charge is 0.390 e. The molecule has 4 aromatic rings. The van der Waals surface area contributed by atoms with Gasteiger partial charge in [-0.25, -0.2) is 0 Å². The van der Waals surface area contributed by atoms with Crippen LogP contribution in [0.3, 0.4) is 0 Å². The molecule has 3 heterocycles. The summed E-state index contributed by atoms with van der Waals surface area (Å²) in [5.41, 5.74) is 12.3. The maximum atomic E-state index is 12.6. The first kappa shape index (κ1) is 35.0. The second-order valence-electron chi connectivity index (χ2n) is 12.2. The van der Waals surface area contributed by atoms with Crippen molar-refractivity contribution in [2.45, 2.75) is 38.7 Å². The molecule has 1 saturated heterocycles. The maximum Gasteiger partial charge on any atom is 0.311 e. The van der Waals surface area contributed by atoms with E-state index in [1.807, 2.05) is 77.1 Å². The number of halogens is 2. The molecule has 49 heavy (non-hydrogen) atoms. The fraction of sp³-hybridized carbons (Fsp3) is 0.324. The monoisotopic (exact) mass is 716 g/mol. The minimum Gasteiger partial charge on any atom is -0.390 e. The highest BCUT2D eigenvalue weighted by molar-refractivity contribution is 7.99. The van der Waals surface area contributed by atoms with Gasteiger partial charge in [0.1, 0.15) is 0 Å². The van der Waals surface area contributed by atoms with Crippen molar-refractivity contribution in [2.75, 3.05) is 37.7 Å². The summed E-state index contributed by atoms with van der Waals surface area (Å²) in [6, 6.07) is 21.4. The lowest BCUT2D eigenvalue weighted by molar-refractivity contribution is -0.144. The molecule has 0 saturated carbocycles. The summed E-state index contributed by atoms with van der Waals surface area (Å²) in [7, 11) is 0. The van der Waals surface area contributed by atoms with Crippen molar-refractivity contribution >= 4 is 46.8 Å². The van der Waals surface area contributed by atoms with Gasteiger partial charge in [-0.1, -0.05) is 65.4 Å². The maximum absolute atomic E-state index is 12.6. The zero-order valence-corrected chi connectivity index (χ0v) is 29.3. The third-order valence-electron chi connectivity index (χ3n) is 8.70. The molecule has 0 bridgehead atoms. The predicted molar refractivity (Wildman–Crippen MR) is 195 cm³/mol. The van der Waals surface area contributed by atoms with Gasteiger partial charge in [-0.3, -0.25) is 19.2 Å². The molecule has 12 heteroatoms. The number of aliphatic hydroxyl groups excluding tert-OH is 1. The molecular formula is C37H38Cl2N6O3S. The number of aliphatic hydroxyl groups is 1. The van der Waals surface area contributed by atoms with Crippen LogP contribution in [0, 0.1) is 11.8 Å². The molecule has 9 nitrogen and oxygen atoms in total. The first-order valence-corrected chi connectivity index (χ1v) is 18.2. The number of nitrogens with one attached hydrogen (secondary N) is 1. The van der Waals surface area contributed by atoms with E-state index in [1.54, 1.807) is 6.07 Å². The smallest absolute Gasteiger partial charge is 0.311 e. The standard InChI is InChI=1S/C37H38Cl2N6O3S/c38-30-10-6-27(7-11-30)21-41-20-26-3-1-25(2-4-26)5-8-28-19-29(9-12-33(28)39)35-32-24-44(37(48)36(40)47)14-13-34(32)45(42-35)23-31(46)22-43-15-17-49-18-16-43/h1-4,6-7,9-12,19,31,41,46H,13-18,20-24H2,(H2,40,47)/t31-/m0/s1. The molecule has 1 aromatic heterocycles. The van der Waals surface area contributed by atoms with Crippen LogP contribution in [-0.4, -0.2) is 80.3 Å². The summed E-state index contributed by atoms with van der Waals surface area (Å²) in [6.45, 7) is 4.79. The third-order valence-corrected chi connectivity index (χ3v) is 10.2. The van der Waals surface area contributed by atoms with Gasteiger partial charge in [0.2, 0.25) is 0 Å². The molecule has 4 N–H and O–H groups in total. The lowest BCUT2D eigenvalue weighted by atomic mass is 9.99. The number of aromatic nitrogens is 2. The van der Waals surface area contributed by atoms with E-state index in [9.17, 15) is 14.7 Å². The van der Waals surface area contributed by atoms with Crippen molar-refractivity contribution in [3.05, 3.63) is 110 Å². The zero-order valence-electron chi connectivity index (χ0n) is 27.0. The molecule has 0 radical (unpaired) electrons. The molecule has 2 aliphatic heterocycles. The van der Waals surface area contributed by atoms with E-state index < -0.39 is 17.9 Å². The van der Waals surface area contributed by atoms with Crippen LogP contribution >= 0.6 is 35.0 Å². The van der Waals surface area contributed by atoms with Crippen LogP contribution in [0.5, 0.6) is 0 Å². The molecule has 0 aliphatic carbocycles. The number of benzene rings is 3. The number of nitrogens with zero attached hydrogens (tertiary/aromatic N) is 4. The van der Waals surface area contributed by atoms with Gasteiger partial charge in [-0.15, -0.1) is 0 Å². The summed E-state index contributed by atoms with van der Waals surface area (Å²) in [6.07, 6.45) is -0.121. The van der Waals surface area contributed by atoms with Crippen molar-refractivity contribution < 1.29 is 14.7 Å². The molecule has 0 unspecified atom stereocenters. The second kappa shape index (κ2) is 16.3. The van der Waals surface area contributed by atoms with E-state index >= 15 is 0 Å². The van der Waals surface area contributed by atoms with Gasteiger partial charge >= 0.3 is 11.8 Å². The number of rotatable bonds is 9. The molecule has 254 valence electrons.